The third-order valence-corrected chi connectivity index (χ3v) is 4.43. The highest BCUT2D eigenvalue weighted by Gasteiger charge is 2.11. The molecule has 0 saturated carbocycles. The Bertz CT molecular complexity index is 722. The lowest BCUT2D eigenvalue weighted by Gasteiger charge is -2.09. The molecule has 0 amide bonds. The fourth-order valence-electron chi connectivity index (χ4n) is 2.31. The van der Waals surface area contributed by atoms with Crippen LogP contribution in [0.3, 0.4) is 0 Å². The van der Waals surface area contributed by atoms with Crippen LogP contribution < -0.4 is 10.5 Å². The molecule has 0 bridgehead atoms. The Hall–Kier alpha value is -2.17. The number of nitrogens with zero attached hydrogens (tertiary/aromatic N) is 1. The average Bonchev–Trinajstić information content (AvgIpc) is 3.04. The molecule has 22 heavy (non-hydrogen) atoms. The van der Waals surface area contributed by atoms with Gasteiger partial charge in [-0.25, -0.2) is 4.98 Å². The second-order valence-electron chi connectivity index (χ2n) is 5.08. The monoisotopic (exact) mass is 310 g/mol. The molecule has 112 valence electrons. The van der Waals surface area contributed by atoms with Gasteiger partial charge in [-0.1, -0.05) is 30.3 Å². The smallest absolute Gasteiger partial charge is 0.118 e. The van der Waals surface area contributed by atoms with Gasteiger partial charge in [0.15, 0.2) is 0 Å². The molecule has 1 unspecified atom stereocenters. The van der Waals surface area contributed by atoms with E-state index in [4.69, 9.17) is 15.5 Å². The van der Waals surface area contributed by atoms with Gasteiger partial charge < -0.3 is 10.5 Å². The van der Waals surface area contributed by atoms with Crippen molar-refractivity contribution in [2.75, 3.05) is 7.11 Å². The SMILES string of the molecule is COc1ccc(-c2csc(CC(N)c3ccccc3)n2)cc1. The number of hydrogen-bond acceptors (Lipinski definition) is 4. The number of thiazole rings is 1. The van der Waals surface area contributed by atoms with Gasteiger partial charge in [0.05, 0.1) is 17.8 Å². The number of aromatic nitrogens is 1. The van der Waals surface area contributed by atoms with Crippen LogP contribution >= 0.6 is 11.3 Å². The van der Waals surface area contributed by atoms with Crippen LogP contribution in [0.4, 0.5) is 0 Å². The van der Waals surface area contributed by atoms with E-state index in [1.54, 1.807) is 18.4 Å². The summed E-state index contributed by atoms with van der Waals surface area (Å²) >= 11 is 1.65. The largest absolute Gasteiger partial charge is 0.497 e. The molecule has 1 aromatic heterocycles. The highest BCUT2D eigenvalue weighted by atomic mass is 32.1. The van der Waals surface area contributed by atoms with Crippen LogP contribution in [0.2, 0.25) is 0 Å². The summed E-state index contributed by atoms with van der Waals surface area (Å²) in [6, 6.07) is 18.1. The minimum atomic E-state index is -0.0175. The first-order valence-corrected chi connectivity index (χ1v) is 8.03. The van der Waals surface area contributed by atoms with Gasteiger partial charge in [0.25, 0.3) is 0 Å². The van der Waals surface area contributed by atoms with Crippen molar-refractivity contribution in [3.63, 3.8) is 0 Å². The zero-order chi connectivity index (χ0) is 15.4. The second-order valence-corrected chi connectivity index (χ2v) is 6.02. The van der Waals surface area contributed by atoms with Gasteiger partial charge >= 0.3 is 0 Å². The molecule has 2 aromatic carbocycles. The highest BCUT2D eigenvalue weighted by molar-refractivity contribution is 7.09. The number of rotatable bonds is 5. The van der Waals surface area contributed by atoms with E-state index < -0.39 is 0 Å². The molecule has 1 heterocycles. The van der Waals surface area contributed by atoms with Gasteiger partial charge in [0.2, 0.25) is 0 Å². The summed E-state index contributed by atoms with van der Waals surface area (Å²) in [5.74, 6) is 0.852. The number of methoxy groups -OCH3 is 1. The van der Waals surface area contributed by atoms with E-state index >= 15 is 0 Å². The molecular formula is C18H18N2OS. The lowest BCUT2D eigenvalue weighted by atomic mass is 10.1. The van der Waals surface area contributed by atoms with Gasteiger partial charge in [-0.2, -0.15) is 0 Å². The van der Waals surface area contributed by atoms with Gasteiger partial charge in [-0.15, -0.1) is 11.3 Å². The van der Waals surface area contributed by atoms with Crippen molar-refractivity contribution in [3.8, 4) is 17.0 Å². The first kappa shape index (κ1) is 14.8. The highest BCUT2D eigenvalue weighted by Crippen LogP contribution is 2.26. The molecule has 1 atom stereocenters. The van der Waals surface area contributed by atoms with Crippen molar-refractivity contribution in [2.45, 2.75) is 12.5 Å². The van der Waals surface area contributed by atoms with Crippen molar-refractivity contribution in [2.24, 2.45) is 5.73 Å². The fraction of sp³-hybridized carbons (Fsp3) is 0.167. The van der Waals surface area contributed by atoms with Crippen LogP contribution in [0.15, 0.2) is 60.0 Å². The third kappa shape index (κ3) is 3.35. The van der Waals surface area contributed by atoms with Crippen LogP contribution in [0, 0.1) is 0 Å². The topological polar surface area (TPSA) is 48.1 Å². The Balaban J connectivity index is 1.73. The molecule has 0 fully saturated rings. The Kier molecular flexibility index (Phi) is 4.51. The maximum absolute atomic E-state index is 6.26. The van der Waals surface area contributed by atoms with Crippen LogP contribution in [-0.4, -0.2) is 12.1 Å². The van der Waals surface area contributed by atoms with Gasteiger partial charge in [-0.05, 0) is 29.8 Å². The van der Waals surface area contributed by atoms with Gasteiger partial charge in [-0.3, -0.25) is 0 Å². The molecule has 3 aromatic rings. The summed E-state index contributed by atoms with van der Waals surface area (Å²) in [5, 5.41) is 3.14. The molecule has 2 N–H and O–H groups in total. The van der Waals surface area contributed by atoms with E-state index in [0.29, 0.717) is 0 Å². The van der Waals surface area contributed by atoms with E-state index in [0.717, 1.165) is 34.0 Å². The number of nitrogens with two attached hydrogens (primary N) is 1. The predicted molar refractivity (Wildman–Crippen MR) is 91.2 cm³/mol. The molecule has 0 aliphatic carbocycles. The Morgan fingerprint density at radius 3 is 2.50 bits per heavy atom. The molecule has 3 rings (SSSR count). The van der Waals surface area contributed by atoms with Crippen molar-refractivity contribution in [1.82, 2.24) is 4.98 Å². The van der Waals surface area contributed by atoms with Crippen LogP contribution in [0.1, 0.15) is 16.6 Å². The van der Waals surface area contributed by atoms with Crippen LogP contribution in [0.25, 0.3) is 11.3 Å². The first-order chi connectivity index (χ1) is 10.8. The number of ether oxygens (including phenoxy) is 1. The molecule has 0 aliphatic rings. The van der Waals surface area contributed by atoms with Gasteiger partial charge in [0.1, 0.15) is 5.75 Å². The summed E-state index contributed by atoms with van der Waals surface area (Å²) in [7, 11) is 1.67. The summed E-state index contributed by atoms with van der Waals surface area (Å²) in [6.45, 7) is 0. The summed E-state index contributed by atoms with van der Waals surface area (Å²) in [5.41, 5.74) is 9.49. The van der Waals surface area contributed by atoms with E-state index in [2.05, 4.69) is 17.5 Å². The molecule has 0 aliphatic heterocycles. The number of hydrogen-bond donors (Lipinski definition) is 1. The third-order valence-electron chi connectivity index (χ3n) is 3.56. The Labute approximate surface area is 134 Å². The van der Waals surface area contributed by atoms with E-state index in [9.17, 15) is 0 Å². The predicted octanol–water partition coefficient (Wildman–Crippen LogP) is 4.06. The zero-order valence-electron chi connectivity index (χ0n) is 12.4. The van der Waals surface area contributed by atoms with Crippen molar-refractivity contribution in [3.05, 3.63) is 70.5 Å². The molecule has 4 heteroatoms. The zero-order valence-corrected chi connectivity index (χ0v) is 13.2. The van der Waals surface area contributed by atoms with Gasteiger partial charge in [0, 0.05) is 23.4 Å². The average molecular weight is 310 g/mol. The van der Waals surface area contributed by atoms with Crippen LogP contribution in [0.5, 0.6) is 5.75 Å². The van der Waals surface area contributed by atoms with Crippen molar-refractivity contribution < 1.29 is 4.74 Å². The minimum Gasteiger partial charge on any atom is -0.497 e. The fourth-order valence-corrected chi connectivity index (χ4v) is 3.17. The Morgan fingerprint density at radius 2 is 1.82 bits per heavy atom. The maximum Gasteiger partial charge on any atom is 0.118 e. The lowest BCUT2D eigenvalue weighted by Crippen LogP contribution is -2.12. The number of benzene rings is 2. The first-order valence-electron chi connectivity index (χ1n) is 7.15. The maximum atomic E-state index is 6.26. The van der Waals surface area contributed by atoms with E-state index in [-0.39, 0.29) is 6.04 Å². The standard InChI is InChI=1S/C18H18N2OS/c1-21-15-9-7-14(8-10-15)17-12-22-18(20-17)11-16(19)13-5-3-2-4-6-13/h2-10,12,16H,11,19H2,1H3. The minimum absolute atomic E-state index is 0.0175. The van der Waals surface area contributed by atoms with E-state index in [1.807, 2.05) is 42.5 Å². The lowest BCUT2D eigenvalue weighted by molar-refractivity contribution is 0.415. The molecular weight excluding hydrogens is 292 g/mol. The van der Waals surface area contributed by atoms with Crippen LogP contribution in [-0.2, 0) is 6.42 Å². The quantitative estimate of drug-likeness (QED) is 0.773. The second kappa shape index (κ2) is 6.73. The molecule has 3 nitrogen and oxygen atoms in total. The molecule has 0 saturated heterocycles. The van der Waals surface area contributed by atoms with Crippen molar-refractivity contribution >= 4 is 11.3 Å². The summed E-state index contributed by atoms with van der Waals surface area (Å²) in [6.07, 6.45) is 0.755. The molecule has 0 spiro atoms. The van der Waals surface area contributed by atoms with Crippen molar-refractivity contribution in [1.29, 1.82) is 0 Å². The summed E-state index contributed by atoms with van der Waals surface area (Å²) in [4.78, 5) is 4.70. The summed E-state index contributed by atoms with van der Waals surface area (Å²) < 4.78 is 5.18. The molecule has 0 radical (unpaired) electrons. The van der Waals surface area contributed by atoms with E-state index in [1.165, 1.54) is 0 Å². The normalized spacial score (nSPS) is 12.1. The Morgan fingerprint density at radius 1 is 1.09 bits per heavy atom.